The number of aliphatic carboxylic acids is 1. The molecule has 0 saturated heterocycles. The van der Waals surface area contributed by atoms with Crippen molar-refractivity contribution in [2.75, 3.05) is 7.05 Å². The number of carboxylic acids is 1. The molecule has 0 unspecified atom stereocenters. The minimum Gasteiger partial charge on any atom is -0.480 e. The van der Waals surface area contributed by atoms with E-state index in [0.717, 1.165) is 17.6 Å². The van der Waals surface area contributed by atoms with Crippen molar-refractivity contribution in [3.05, 3.63) is 41.5 Å². The number of nitrogens with zero attached hydrogens (tertiary/aromatic N) is 1. The summed E-state index contributed by atoms with van der Waals surface area (Å²) in [4.78, 5) is 25.0. The van der Waals surface area contributed by atoms with Crippen LogP contribution in [-0.4, -0.2) is 35.0 Å². The number of carbonyl (C=O) groups is 2. The molecule has 21 heavy (non-hydrogen) atoms. The van der Waals surface area contributed by atoms with Gasteiger partial charge < -0.3 is 10.0 Å². The van der Waals surface area contributed by atoms with Gasteiger partial charge in [-0.05, 0) is 23.1 Å². The summed E-state index contributed by atoms with van der Waals surface area (Å²) < 4.78 is 0. The van der Waals surface area contributed by atoms with Crippen LogP contribution in [0.2, 0.25) is 0 Å². The van der Waals surface area contributed by atoms with E-state index in [4.69, 9.17) is 0 Å². The lowest BCUT2D eigenvalue weighted by atomic mass is 9.98. The fourth-order valence-corrected chi connectivity index (χ4v) is 2.71. The molecule has 1 aromatic carbocycles. The molecule has 0 spiro atoms. The Balaban J connectivity index is 2.19. The smallest absolute Gasteiger partial charge is 0.326 e. The molecule has 1 aromatic rings. The normalized spacial score (nSPS) is 14.6. The first-order valence-electron chi connectivity index (χ1n) is 7.18. The van der Waals surface area contributed by atoms with E-state index in [9.17, 15) is 14.7 Å². The first-order chi connectivity index (χ1) is 9.91. The highest BCUT2D eigenvalue weighted by Gasteiger charge is 2.30. The van der Waals surface area contributed by atoms with Crippen LogP contribution in [0.25, 0.3) is 5.57 Å². The first kappa shape index (κ1) is 15.3. The van der Waals surface area contributed by atoms with Crippen molar-refractivity contribution in [2.24, 2.45) is 5.92 Å². The maximum absolute atomic E-state index is 12.1. The number of amides is 1. The minimum atomic E-state index is -0.961. The summed E-state index contributed by atoms with van der Waals surface area (Å²) in [7, 11) is 1.57. The van der Waals surface area contributed by atoms with Crippen LogP contribution in [0, 0.1) is 5.92 Å². The second kappa shape index (κ2) is 6.12. The maximum Gasteiger partial charge on any atom is 0.326 e. The number of likely N-dealkylation sites (N-methyl/N-ethyl adjacent to an activating group) is 1. The van der Waals surface area contributed by atoms with Gasteiger partial charge in [-0.2, -0.15) is 0 Å². The molecule has 0 saturated carbocycles. The van der Waals surface area contributed by atoms with Gasteiger partial charge in [-0.25, -0.2) is 4.79 Å². The highest BCUT2D eigenvalue weighted by atomic mass is 16.4. The zero-order valence-corrected chi connectivity index (χ0v) is 12.7. The molecule has 4 nitrogen and oxygen atoms in total. The second-order valence-corrected chi connectivity index (χ2v) is 5.75. The topological polar surface area (TPSA) is 57.6 Å². The van der Waals surface area contributed by atoms with Crippen molar-refractivity contribution < 1.29 is 14.7 Å². The van der Waals surface area contributed by atoms with E-state index < -0.39 is 12.0 Å². The van der Waals surface area contributed by atoms with E-state index in [1.807, 2.05) is 18.2 Å². The van der Waals surface area contributed by atoms with Crippen LogP contribution in [0.4, 0.5) is 0 Å². The van der Waals surface area contributed by atoms with Gasteiger partial charge in [0.1, 0.15) is 6.04 Å². The fourth-order valence-electron chi connectivity index (χ4n) is 2.71. The fraction of sp³-hybridized carbons (Fsp3) is 0.412. The van der Waals surface area contributed by atoms with E-state index in [0.29, 0.717) is 6.42 Å². The van der Waals surface area contributed by atoms with E-state index in [1.165, 1.54) is 10.5 Å². The van der Waals surface area contributed by atoms with Crippen molar-refractivity contribution in [1.82, 2.24) is 4.90 Å². The molecule has 0 bridgehead atoms. The monoisotopic (exact) mass is 287 g/mol. The molecular formula is C17H21NO3. The number of carbonyl (C=O) groups excluding carboxylic acids is 1. The van der Waals surface area contributed by atoms with Gasteiger partial charge in [-0.1, -0.05) is 44.2 Å². The summed E-state index contributed by atoms with van der Waals surface area (Å²) in [6.07, 6.45) is 3.25. The summed E-state index contributed by atoms with van der Waals surface area (Å²) in [5.41, 5.74) is 3.34. The molecule has 0 fully saturated rings. The third-order valence-corrected chi connectivity index (χ3v) is 3.94. The summed E-state index contributed by atoms with van der Waals surface area (Å²) in [5, 5.41) is 9.46. The van der Waals surface area contributed by atoms with Gasteiger partial charge in [0.15, 0.2) is 0 Å². The minimum absolute atomic E-state index is 0.144. The van der Waals surface area contributed by atoms with Crippen molar-refractivity contribution in [3.63, 3.8) is 0 Å². The first-order valence-corrected chi connectivity index (χ1v) is 7.18. The summed E-state index contributed by atoms with van der Waals surface area (Å²) in [6, 6.07) is 7.18. The van der Waals surface area contributed by atoms with E-state index in [2.05, 4.69) is 12.1 Å². The lowest BCUT2D eigenvalue weighted by Crippen LogP contribution is -2.44. The van der Waals surface area contributed by atoms with Gasteiger partial charge in [0.25, 0.3) is 0 Å². The van der Waals surface area contributed by atoms with E-state index in [1.54, 1.807) is 20.9 Å². The van der Waals surface area contributed by atoms with Crippen LogP contribution < -0.4 is 0 Å². The molecule has 1 N–H and O–H groups in total. The van der Waals surface area contributed by atoms with Gasteiger partial charge in [-0.15, -0.1) is 0 Å². The SMILES string of the molecule is CC(C)C(=O)N(C)[C@H](CC1=CCc2ccccc21)C(=O)O. The Morgan fingerprint density at radius 3 is 2.57 bits per heavy atom. The van der Waals surface area contributed by atoms with Crippen LogP contribution in [-0.2, 0) is 16.0 Å². The summed E-state index contributed by atoms with van der Waals surface area (Å²) >= 11 is 0. The van der Waals surface area contributed by atoms with Gasteiger partial charge in [0, 0.05) is 19.4 Å². The lowest BCUT2D eigenvalue weighted by Gasteiger charge is -2.27. The van der Waals surface area contributed by atoms with E-state index in [-0.39, 0.29) is 11.8 Å². The third kappa shape index (κ3) is 3.15. The summed E-state index contributed by atoms with van der Waals surface area (Å²) in [5.74, 6) is -1.31. The molecule has 1 aliphatic rings. The van der Waals surface area contributed by atoms with Gasteiger partial charge in [0.2, 0.25) is 5.91 Å². The molecule has 0 heterocycles. The van der Waals surface area contributed by atoms with Crippen LogP contribution in [0.1, 0.15) is 31.4 Å². The maximum atomic E-state index is 12.1. The number of hydrogen-bond acceptors (Lipinski definition) is 2. The Bertz CT molecular complexity index is 589. The number of carboxylic acid groups (broad SMARTS) is 1. The Labute approximate surface area is 125 Å². The Morgan fingerprint density at radius 1 is 1.29 bits per heavy atom. The third-order valence-electron chi connectivity index (χ3n) is 3.94. The predicted molar refractivity (Wildman–Crippen MR) is 81.8 cm³/mol. The molecule has 2 rings (SSSR count). The molecule has 0 radical (unpaired) electrons. The molecule has 0 aliphatic heterocycles. The predicted octanol–water partition coefficient (Wildman–Crippen LogP) is 2.58. The molecule has 0 aromatic heterocycles. The second-order valence-electron chi connectivity index (χ2n) is 5.75. The quantitative estimate of drug-likeness (QED) is 0.905. The van der Waals surface area contributed by atoms with Crippen LogP contribution in [0.15, 0.2) is 30.3 Å². The van der Waals surface area contributed by atoms with Crippen molar-refractivity contribution in [3.8, 4) is 0 Å². The van der Waals surface area contributed by atoms with Gasteiger partial charge >= 0.3 is 5.97 Å². The molecule has 1 aliphatic carbocycles. The van der Waals surface area contributed by atoms with Crippen LogP contribution in [0.5, 0.6) is 0 Å². The molecular weight excluding hydrogens is 266 g/mol. The molecule has 1 amide bonds. The number of fused-ring (bicyclic) bond motifs is 1. The van der Waals surface area contributed by atoms with Crippen molar-refractivity contribution in [1.29, 1.82) is 0 Å². The van der Waals surface area contributed by atoms with E-state index >= 15 is 0 Å². The number of hydrogen-bond donors (Lipinski definition) is 1. The average molecular weight is 287 g/mol. The van der Waals surface area contributed by atoms with Crippen molar-refractivity contribution in [2.45, 2.75) is 32.7 Å². The zero-order chi connectivity index (χ0) is 15.6. The molecule has 112 valence electrons. The number of benzene rings is 1. The number of rotatable bonds is 5. The zero-order valence-electron chi connectivity index (χ0n) is 12.7. The lowest BCUT2D eigenvalue weighted by molar-refractivity contribution is -0.150. The van der Waals surface area contributed by atoms with Gasteiger partial charge in [-0.3, -0.25) is 4.79 Å². The average Bonchev–Trinajstić information content (AvgIpc) is 2.86. The van der Waals surface area contributed by atoms with Crippen LogP contribution >= 0.6 is 0 Å². The molecule has 1 atom stereocenters. The number of allylic oxidation sites excluding steroid dienone is 1. The Kier molecular flexibility index (Phi) is 4.46. The highest BCUT2D eigenvalue weighted by molar-refractivity contribution is 5.87. The highest BCUT2D eigenvalue weighted by Crippen LogP contribution is 2.31. The Morgan fingerprint density at radius 2 is 1.95 bits per heavy atom. The Hall–Kier alpha value is -2.10. The largest absolute Gasteiger partial charge is 0.480 e. The van der Waals surface area contributed by atoms with Crippen LogP contribution in [0.3, 0.4) is 0 Å². The molecule has 4 heteroatoms. The van der Waals surface area contributed by atoms with Crippen molar-refractivity contribution >= 4 is 17.4 Å². The summed E-state index contributed by atoms with van der Waals surface area (Å²) in [6.45, 7) is 3.56. The standard InChI is InChI=1S/C17H21NO3/c1-11(2)16(19)18(3)15(17(20)21)10-13-9-8-12-6-4-5-7-14(12)13/h4-7,9,11,15H,8,10H2,1-3H3,(H,20,21)/t15-/m1/s1. The van der Waals surface area contributed by atoms with Gasteiger partial charge in [0.05, 0.1) is 0 Å².